The number of likely N-dealkylation sites (tertiary alicyclic amines) is 1. The fourth-order valence-electron chi connectivity index (χ4n) is 3.11. The van der Waals surface area contributed by atoms with Crippen LogP contribution in [0.15, 0.2) is 22.7 Å². The first-order valence-electron chi connectivity index (χ1n) is 7.43. The lowest BCUT2D eigenvalue weighted by molar-refractivity contribution is 0.162. The molecule has 1 aromatic carbocycles. The Hall–Kier alpha value is -0.450. The van der Waals surface area contributed by atoms with Crippen molar-refractivity contribution in [2.45, 2.75) is 45.2 Å². The minimum absolute atomic E-state index is 0.00641. The van der Waals surface area contributed by atoms with E-state index in [1.54, 1.807) is 6.07 Å². The Morgan fingerprint density at radius 2 is 2.15 bits per heavy atom. The van der Waals surface area contributed by atoms with Gasteiger partial charge in [0.05, 0.1) is 6.04 Å². The van der Waals surface area contributed by atoms with Crippen LogP contribution in [0.2, 0.25) is 0 Å². The van der Waals surface area contributed by atoms with Crippen LogP contribution in [0, 0.1) is 11.7 Å². The first-order valence-corrected chi connectivity index (χ1v) is 8.23. The summed E-state index contributed by atoms with van der Waals surface area (Å²) in [4.78, 5) is 2.37. The molecule has 1 aliphatic heterocycles. The number of hydrogen-bond acceptors (Lipinski definition) is 2. The molecule has 2 N–H and O–H groups in total. The van der Waals surface area contributed by atoms with Gasteiger partial charge < -0.3 is 5.73 Å². The molecule has 0 amide bonds. The quantitative estimate of drug-likeness (QED) is 0.895. The summed E-state index contributed by atoms with van der Waals surface area (Å²) in [7, 11) is 0. The van der Waals surface area contributed by atoms with E-state index < -0.39 is 0 Å². The van der Waals surface area contributed by atoms with Gasteiger partial charge in [0.25, 0.3) is 0 Å². The number of rotatable bonds is 3. The minimum Gasteiger partial charge on any atom is -0.326 e. The first kappa shape index (κ1) is 15.9. The molecule has 1 fully saturated rings. The first-order chi connectivity index (χ1) is 9.49. The van der Waals surface area contributed by atoms with Crippen molar-refractivity contribution in [2.24, 2.45) is 11.7 Å². The smallest absolute Gasteiger partial charge is 0.129 e. The second kappa shape index (κ2) is 7.01. The molecule has 1 heterocycles. The van der Waals surface area contributed by atoms with Crippen molar-refractivity contribution in [2.75, 3.05) is 13.1 Å². The highest BCUT2D eigenvalue weighted by Gasteiger charge is 2.30. The number of halogens is 2. The lowest BCUT2D eigenvalue weighted by Gasteiger charge is -2.35. The molecule has 20 heavy (non-hydrogen) atoms. The van der Waals surface area contributed by atoms with Gasteiger partial charge in [-0.3, -0.25) is 4.90 Å². The van der Waals surface area contributed by atoms with Crippen molar-refractivity contribution in [1.82, 2.24) is 4.90 Å². The molecule has 2 rings (SSSR count). The summed E-state index contributed by atoms with van der Waals surface area (Å²) in [6.45, 7) is 6.37. The molecule has 1 aromatic rings. The maximum atomic E-state index is 14.3. The Morgan fingerprint density at radius 1 is 1.40 bits per heavy atom. The van der Waals surface area contributed by atoms with E-state index in [4.69, 9.17) is 5.73 Å². The van der Waals surface area contributed by atoms with Crippen molar-refractivity contribution in [3.8, 4) is 0 Å². The molecule has 4 heteroatoms. The summed E-state index contributed by atoms with van der Waals surface area (Å²) in [5.74, 6) is 0.400. The molecular formula is C16H24BrFN2. The normalized spacial score (nSPS) is 24.9. The summed E-state index contributed by atoms with van der Waals surface area (Å²) in [5, 5.41) is 0. The Labute approximate surface area is 129 Å². The van der Waals surface area contributed by atoms with Crippen LogP contribution in [0.1, 0.15) is 44.7 Å². The van der Waals surface area contributed by atoms with E-state index in [0.717, 1.165) is 42.4 Å². The molecule has 112 valence electrons. The maximum Gasteiger partial charge on any atom is 0.129 e. The molecule has 0 bridgehead atoms. The largest absolute Gasteiger partial charge is 0.326 e. The molecule has 1 aliphatic rings. The second-order valence-corrected chi connectivity index (χ2v) is 7.07. The zero-order valence-electron chi connectivity index (χ0n) is 12.3. The molecule has 1 saturated heterocycles. The van der Waals surface area contributed by atoms with Gasteiger partial charge in [0, 0.05) is 22.6 Å². The van der Waals surface area contributed by atoms with Gasteiger partial charge in [-0.1, -0.05) is 42.3 Å². The second-order valence-electron chi connectivity index (χ2n) is 6.16. The van der Waals surface area contributed by atoms with Crippen molar-refractivity contribution < 1.29 is 4.39 Å². The van der Waals surface area contributed by atoms with E-state index in [-0.39, 0.29) is 17.9 Å². The van der Waals surface area contributed by atoms with Crippen LogP contribution in [-0.4, -0.2) is 24.0 Å². The maximum absolute atomic E-state index is 14.3. The summed E-state index contributed by atoms with van der Waals surface area (Å²) >= 11 is 3.32. The standard InChI is InChI=1S/C16H24BrFN2/c1-11(2)10-20-8-4-3-5-15(19)16(20)13-7-6-12(17)9-14(13)18/h6-7,9,11,15-16H,3-5,8,10,19H2,1-2H3. The van der Waals surface area contributed by atoms with Crippen LogP contribution < -0.4 is 5.73 Å². The Kier molecular flexibility index (Phi) is 5.58. The molecule has 0 aromatic heterocycles. The Bertz CT molecular complexity index is 450. The molecule has 2 atom stereocenters. The van der Waals surface area contributed by atoms with E-state index in [2.05, 4.69) is 34.7 Å². The van der Waals surface area contributed by atoms with Gasteiger partial charge in [0.1, 0.15) is 5.82 Å². The third-order valence-corrected chi connectivity index (χ3v) is 4.41. The summed E-state index contributed by atoms with van der Waals surface area (Å²) in [6, 6.07) is 5.33. The van der Waals surface area contributed by atoms with Gasteiger partial charge in [-0.2, -0.15) is 0 Å². The van der Waals surface area contributed by atoms with Gasteiger partial charge in [-0.25, -0.2) is 4.39 Å². The van der Waals surface area contributed by atoms with Gasteiger partial charge in [-0.05, 0) is 37.4 Å². The molecule has 0 radical (unpaired) electrons. The molecule has 0 saturated carbocycles. The van der Waals surface area contributed by atoms with E-state index >= 15 is 0 Å². The van der Waals surface area contributed by atoms with Crippen LogP contribution >= 0.6 is 15.9 Å². The average molecular weight is 343 g/mol. The zero-order chi connectivity index (χ0) is 14.7. The topological polar surface area (TPSA) is 29.3 Å². The number of nitrogens with two attached hydrogens (primary N) is 1. The molecule has 2 unspecified atom stereocenters. The number of hydrogen-bond donors (Lipinski definition) is 1. The monoisotopic (exact) mass is 342 g/mol. The van der Waals surface area contributed by atoms with Gasteiger partial charge in [0.15, 0.2) is 0 Å². The fourth-order valence-corrected chi connectivity index (χ4v) is 3.44. The van der Waals surface area contributed by atoms with Crippen molar-refractivity contribution in [3.63, 3.8) is 0 Å². The number of benzene rings is 1. The molecule has 2 nitrogen and oxygen atoms in total. The zero-order valence-corrected chi connectivity index (χ0v) is 13.9. The van der Waals surface area contributed by atoms with Crippen LogP contribution in [0.3, 0.4) is 0 Å². The van der Waals surface area contributed by atoms with Crippen molar-refractivity contribution in [3.05, 3.63) is 34.1 Å². The third-order valence-electron chi connectivity index (χ3n) is 3.91. The summed E-state index contributed by atoms with van der Waals surface area (Å²) in [5.41, 5.74) is 7.10. The average Bonchev–Trinajstić information content (AvgIpc) is 2.52. The summed E-state index contributed by atoms with van der Waals surface area (Å²) in [6.07, 6.45) is 3.24. The van der Waals surface area contributed by atoms with Gasteiger partial charge in [-0.15, -0.1) is 0 Å². The van der Waals surface area contributed by atoms with Gasteiger partial charge in [0.2, 0.25) is 0 Å². The predicted molar refractivity (Wildman–Crippen MR) is 85.1 cm³/mol. The highest BCUT2D eigenvalue weighted by atomic mass is 79.9. The van der Waals surface area contributed by atoms with Crippen LogP contribution in [0.5, 0.6) is 0 Å². The minimum atomic E-state index is -0.157. The van der Waals surface area contributed by atoms with Crippen LogP contribution in [0.25, 0.3) is 0 Å². The van der Waals surface area contributed by atoms with E-state index in [9.17, 15) is 4.39 Å². The Balaban J connectivity index is 2.34. The highest BCUT2D eigenvalue weighted by Crippen LogP contribution is 2.32. The van der Waals surface area contributed by atoms with E-state index in [0.29, 0.717) is 5.92 Å². The SMILES string of the molecule is CC(C)CN1CCCCC(N)C1c1ccc(Br)cc1F. The lowest BCUT2D eigenvalue weighted by Crippen LogP contribution is -2.41. The highest BCUT2D eigenvalue weighted by molar-refractivity contribution is 9.10. The van der Waals surface area contributed by atoms with E-state index in [1.807, 2.05) is 12.1 Å². The van der Waals surface area contributed by atoms with Gasteiger partial charge >= 0.3 is 0 Å². The third kappa shape index (κ3) is 3.80. The number of nitrogens with zero attached hydrogens (tertiary/aromatic N) is 1. The van der Waals surface area contributed by atoms with E-state index in [1.165, 1.54) is 0 Å². The molecule has 0 aliphatic carbocycles. The predicted octanol–water partition coefficient (Wildman–Crippen LogP) is 4.10. The summed E-state index contributed by atoms with van der Waals surface area (Å²) < 4.78 is 15.1. The Morgan fingerprint density at radius 3 is 2.80 bits per heavy atom. The van der Waals surface area contributed by atoms with Crippen LogP contribution in [0.4, 0.5) is 4.39 Å². The molecule has 0 spiro atoms. The lowest BCUT2D eigenvalue weighted by atomic mass is 9.95. The van der Waals surface area contributed by atoms with Crippen LogP contribution in [-0.2, 0) is 0 Å². The fraction of sp³-hybridized carbons (Fsp3) is 0.625. The van der Waals surface area contributed by atoms with Crippen molar-refractivity contribution in [1.29, 1.82) is 0 Å². The molecular weight excluding hydrogens is 319 g/mol. The van der Waals surface area contributed by atoms with Crippen molar-refractivity contribution >= 4 is 15.9 Å².